The summed E-state index contributed by atoms with van der Waals surface area (Å²) < 4.78 is 11.2. The van der Waals surface area contributed by atoms with E-state index >= 15 is 0 Å². The number of thioether (sulfide) groups is 1. The molecule has 1 N–H and O–H groups in total. The van der Waals surface area contributed by atoms with Crippen molar-refractivity contribution in [3.05, 3.63) is 0 Å². The van der Waals surface area contributed by atoms with Crippen LogP contribution in [0.5, 0.6) is 0 Å². The molecule has 0 aliphatic rings. The van der Waals surface area contributed by atoms with E-state index in [1.165, 1.54) is 0 Å². The maximum atomic E-state index is 10.3. The zero-order chi connectivity index (χ0) is 8.20. The lowest BCUT2D eigenvalue weighted by atomic mass is 10.3. The lowest BCUT2D eigenvalue weighted by molar-refractivity contribution is 0.700. The second-order valence-electron chi connectivity index (χ2n) is 2.84. The summed E-state index contributed by atoms with van der Waals surface area (Å²) in [6, 6.07) is 0. The molecule has 0 aromatic rings. The first kappa shape index (κ1) is 10.2. The van der Waals surface area contributed by atoms with E-state index in [-0.39, 0.29) is 4.75 Å². The quantitative estimate of drug-likeness (QED) is 0.563. The van der Waals surface area contributed by atoms with E-state index in [4.69, 9.17) is 0 Å². The highest BCUT2D eigenvalue weighted by Crippen LogP contribution is 2.22. The van der Waals surface area contributed by atoms with Gasteiger partial charge in [-0.05, 0) is 7.05 Å². The smallest absolute Gasteiger partial charge is 0.144 e. The van der Waals surface area contributed by atoms with Crippen LogP contribution in [0.4, 0.5) is 0 Å². The summed E-state index contributed by atoms with van der Waals surface area (Å²) in [5.74, 6) is 0. The molecule has 60 valence electrons. The minimum atomic E-state index is 0.121. The van der Waals surface area contributed by atoms with Gasteiger partial charge in [0, 0.05) is 4.75 Å². The van der Waals surface area contributed by atoms with Crippen LogP contribution in [0.25, 0.3) is 0 Å². The fraction of sp³-hybridized carbons (Fsp3) is 0.833. The summed E-state index contributed by atoms with van der Waals surface area (Å²) >= 11 is 2.07. The Hall–Kier alpha value is 0.200. The van der Waals surface area contributed by atoms with Crippen molar-refractivity contribution < 1.29 is 4.21 Å². The van der Waals surface area contributed by atoms with Crippen LogP contribution in [-0.2, 0) is 11.3 Å². The third-order valence-electron chi connectivity index (χ3n) is 0.679. The molecule has 0 saturated carbocycles. The molecule has 0 rings (SSSR count). The van der Waals surface area contributed by atoms with Crippen molar-refractivity contribution >= 4 is 27.3 Å². The highest BCUT2D eigenvalue weighted by atomic mass is 32.2. The van der Waals surface area contributed by atoms with Crippen LogP contribution in [0, 0.1) is 0 Å². The van der Waals surface area contributed by atoms with Crippen LogP contribution >= 0.6 is 11.8 Å². The molecular formula is C6H13NOS2. The molecule has 0 aromatic carbocycles. The van der Waals surface area contributed by atoms with Gasteiger partial charge in [0.25, 0.3) is 0 Å². The lowest BCUT2D eigenvalue weighted by Gasteiger charge is -2.16. The summed E-state index contributed by atoms with van der Waals surface area (Å²) in [6.07, 6.45) is 0. The van der Waals surface area contributed by atoms with Gasteiger partial charge in [0.1, 0.15) is 15.6 Å². The van der Waals surface area contributed by atoms with Gasteiger partial charge >= 0.3 is 0 Å². The molecule has 2 nitrogen and oxygen atoms in total. The topological polar surface area (TPSA) is 29.1 Å². The average Bonchev–Trinajstić information content (AvgIpc) is 1.81. The highest BCUT2D eigenvalue weighted by Gasteiger charge is 2.13. The van der Waals surface area contributed by atoms with Crippen molar-refractivity contribution in [3.8, 4) is 0 Å². The van der Waals surface area contributed by atoms with Crippen LogP contribution in [0.1, 0.15) is 20.8 Å². The normalized spacial score (nSPS) is 11.2. The molecule has 0 aliphatic carbocycles. The van der Waals surface area contributed by atoms with Crippen molar-refractivity contribution in [1.82, 2.24) is 5.32 Å². The molecular weight excluding hydrogens is 166 g/mol. The Bertz CT molecular complexity index is 156. The van der Waals surface area contributed by atoms with Gasteiger partial charge in [-0.25, -0.2) is 4.21 Å². The molecule has 0 amide bonds. The number of hydrogen-bond acceptors (Lipinski definition) is 2. The second kappa shape index (κ2) is 4.16. The highest BCUT2D eigenvalue weighted by molar-refractivity contribution is 8.21. The Morgan fingerprint density at radius 2 is 1.90 bits per heavy atom. The molecule has 0 saturated heterocycles. The van der Waals surface area contributed by atoms with Crippen molar-refractivity contribution in [2.75, 3.05) is 7.05 Å². The summed E-state index contributed by atoms with van der Waals surface area (Å²) in [4.78, 5) is 0. The third kappa shape index (κ3) is 5.02. The van der Waals surface area contributed by atoms with Crippen molar-refractivity contribution in [2.45, 2.75) is 25.5 Å². The Kier molecular flexibility index (Phi) is 4.24. The fourth-order valence-corrected chi connectivity index (χ4v) is 2.02. The maximum Gasteiger partial charge on any atom is 0.144 e. The van der Waals surface area contributed by atoms with Crippen LogP contribution in [0.15, 0.2) is 0 Å². The van der Waals surface area contributed by atoms with Gasteiger partial charge in [-0.3, -0.25) is 5.32 Å². The van der Waals surface area contributed by atoms with Gasteiger partial charge in [0.2, 0.25) is 0 Å². The van der Waals surface area contributed by atoms with Crippen molar-refractivity contribution in [2.24, 2.45) is 0 Å². The summed E-state index contributed by atoms with van der Waals surface area (Å²) in [5, 5.41) is 2.84. The van der Waals surface area contributed by atoms with Crippen LogP contribution in [-0.4, -0.2) is 20.3 Å². The Morgan fingerprint density at radius 3 is 2.00 bits per heavy atom. The SMILES string of the molecule is CNC(SC(C)(C)C)=S=O. The van der Waals surface area contributed by atoms with Gasteiger partial charge in [0.05, 0.1) is 0 Å². The van der Waals surface area contributed by atoms with Gasteiger partial charge in [-0.1, -0.05) is 32.5 Å². The first-order valence-electron chi connectivity index (χ1n) is 3.03. The monoisotopic (exact) mass is 179 g/mol. The third-order valence-corrected chi connectivity index (χ3v) is 2.49. The molecule has 0 fully saturated rings. The van der Waals surface area contributed by atoms with E-state index in [0.29, 0.717) is 11.3 Å². The number of hydrogen-bond donors (Lipinski definition) is 1. The zero-order valence-corrected chi connectivity index (χ0v) is 8.36. The average molecular weight is 179 g/mol. The number of rotatable bonds is 0. The fourth-order valence-electron chi connectivity index (χ4n) is 0.388. The first-order valence-corrected chi connectivity index (χ1v) is 4.59. The lowest BCUT2D eigenvalue weighted by Crippen LogP contribution is -2.21. The maximum absolute atomic E-state index is 10.3. The second-order valence-corrected chi connectivity index (χ2v) is 5.51. The van der Waals surface area contributed by atoms with Gasteiger partial charge < -0.3 is 0 Å². The minimum Gasteiger partial charge on any atom is -0.275 e. The van der Waals surface area contributed by atoms with Gasteiger partial charge in [0.15, 0.2) is 0 Å². The van der Waals surface area contributed by atoms with E-state index in [9.17, 15) is 4.21 Å². The molecule has 0 unspecified atom stereocenters. The minimum absolute atomic E-state index is 0.121. The van der Waals surface area contributed by atoms with Gasteiger partial charge in [-0.2, -0.15) is 0 Å². The predicted octanol–water partition coefficient (Wildman–Crippen LogP) is 1.04. The Morgan fingerprint density at radius 1 is 1.40 bits per heavy atom. The molecule has 0 spiro atoms. The van der Waals surface area contributed by atoms with E-state index in [2.05, 4.69) is 26.1 Å². The molecule has 4 heteroatoms. The molecule has 0 aromatic heterocycles. The van der Waals surface area contributed by atoms with Crippen LogP contribution in [0.3, 0.4) is 0 Å². The zero-order valence-electron chi connectivity index (χ0n) is 6.72. The van der Waals surface area contributed by atoms with Crippen LogP contribution < -0.4 is 5.32 Å². The standard InChI is InChI=1S/C6H13NOS2/c1-6(2,3)9-5(7-4)10-8/h7H,1-4H3. The largest absolute Gasteiger partial charge is 0.275 e. The van der Waals surface area contributed by atoms with E-state index < -0.39 is 0 Å². The van der Waals surface area contributed by atoms with E-state index in [1.54, 1.807) is 18.8 Å². The molecule has 0 bridgehead atoms. The van der Waals surface area contributed by atoms with Gasteiger partial charge in [-0.15, -0.1) is 0 Å². The summed E-state index contributed by atoms with van der Waals surface area (Å²) in [7, 11) is 1.76. The Labute approximate surface area is 69.8 Å². The Balaban J connectivity index is 4.01. The van der Waals surface area contributed by atoms with Crippen molar-refractivity contribution in [3.63, 3.8) is 0 Å². The van der Waals surface area contributed by atoms with E-state index in [1.807, 2.05) is 0 Å². The molecule has 0 atom stereocenters. The summed E-state index contributed by atoms with van der Waals surface area (Å²) in [6.45, 7) is 6.22. The molecule has 10 heavy (non-hydrogen) atoms. The van der Waals surface area contributed by atoms with Crippen molar-refractivity contribution in [1.29, 1.82) is 0 Å². The summed E-state index contributed by atoms with van der Waals surface area (Å²) in [5.41, 5.74) is 0. The number of nitrogens with one attached hydrogen (secondary N) is 1. The van der Waals surface area contributed by atoms with Crippen LogP contribution in [0.2, 0.25) is 0 Å². The molecule has 0 radical (unpaired) electrons. The predicted molar refractivity (Wildman–Crippen MR) is 49.6 cm³/mol. The van der Waals surface area contributed by atoms with E-state index in [0.717, 1.165) is 4.32 Å². The molecule has 0 aliphatic heterocycles. The first-order chi connectivity index (χ1) is 4.49. The molecule has 0 heterocycles.